The van der Waals surface area contributed by atoms with Crippen LogP contribution in [0.3, 0.4) is 0 Å². The summed E-state index contributed by atoms with van der Waals surface area (Å²) in [5.74, 6) is -0.277. The minimum Gasteiger partial charge on any atom is -0.442 e. The first-order valence-corrected chi connectivity index (χ1v) is 14.0. The molecule has 218 valence electrons. The molecule has 4 aliphatic heterocycles. The van der Waals surface area contributed by atoms with Crippen molar-refractivity contribution in [3.8, 4) is 0 Å². The number of carbonyl (C=O) groups excluding carboxylic acids is 2. The van der Waals surface area contributed by atoms with Gasteiger partial charge in [0.2, 0.25) is 5.91 Å². The normalized spacial score (nSPS) is 32.5. The average molecular weight is 548 g/mol. The topological polar surface area (TPSA) is 102 Å². The van der Waals surface area contributed by atoms with E-state index in [-0.39, 0.29) is 41.6 Å². The van der Waals surface area contributed by atoms with Gasteiger partial charge in [0.1, 0.15) is 6.10 Å². The number of allylic oxidation sites excluding steroid dienone is 2. The molecule has 10 nitrogen and oxygen atoms in total. The van der Waals surface area contributed by atoms with Crippen molar-refractivity contribution in [3.05, 3.63) is 36.0 Å². The lowest BCUT2D eigenvalue weighted by atomic mass is 9.85. The van der Waals surface area contributed by atoms with Crippen LogP contribution in [-0.2, 0) is 28.5 Å². The zero-order chi connectivity index (χ0) is 28.0. The predicted molar refractivity (Wildman–Crippen MR) is 146 cm³/mol. The first-order chi connectivity index (χ1) is 18.5. The third-order valence-electron chi connectivity index (χ3n) is 7.43. The highest BCUT2D eigenvalue weighted by Crippen LogP contribution is 2.46. The van der Waals surface area contributed by atoms with Gasteiger partial charge in [-0.15, -0.1) is 0 Å². The van der Waals surface area contributed by atoms with Crippen molar-refractivity contribution in [2.45, 2.75) is 82.7 Å². The van der Waals surface area contributed by atoms with E-state index in [0.717, 1.165) is 38.1 Å². The van der Waals surface area contributed by atoms with Gasteiger partial charge in [-0.1, -0.05) is 23.8 Å². The van der Waals surface area contributed by atoms with Crippen LogP contribution in [0.1, 0.15) is 47.0 Å². The van der Waals surface area contributed by atoms with E-state index in [2.05, 4.69) is 49.2 Å². The molecule has 0 aromatic carbocycles. The number of piperazine rings is 1. The van der Waals surface area contributed by atoms with Crippen molar-refractivity contribution < 1.29 is 33.3 Å². The third kappa shape index (κ3) is 9.42. The molecular weight excluding hydrogens is 502 g/mol. The molecule has 4 saturated heterocycles. The molecule has 4 aliphatic rings. The predicted octanol–water partition coefficient (Wildman–Crippen LogP) is 2.79. The fourth-order valence-corrected chi connectivity index (χ4v) is 5.24. The average Bonchev–Trinajstić information content (AvgIpc) is 3.62. The van der Waals surface area contributed by atoms with E-state index in [1.165, 1.54) is 6.08 Å². The number of carbonyl (C=O) groups is 2. The summed E-state index contributed by atoms with van der Waals surface area (Å²) in [6.45, 7) is 12.5. The zero-order valence-corrected chi connectivity index (χ0v) is 24.0. The zero-order valence-electron chi connectivity index (χ0n) is 24.0. The maximum atomic E-state index is 12.3. The van der Waals surface area contributed by atoms with Crippen LogP contribution in [0, 0.1) is 0 Å². The molecule has 0 aromatic heterocycles. The lowest BCUT2D eigenvalue weighted by Gasteiger charge is -2.38. The SMILES string of the molecule is CC(/C=C/[C@@H]1C[C@]2(CO2)CC(C)(C)O1)=C\C[C@H]1OC[C@@H](NC(=O)/C=C\[C@H](C)OC(=O)N2CCN(C)CC2)CO1. The van der Waals surface area contributed by atoms with E-state index in [1.807, 2.05) is 7.05 Å². The highest BCUT2D eigenvalue weighted by molar-refractivity contribution is 5.87. The van der Waals surface area contributed by atoms with Crippen LogP contribution in [0.15, 0.2) is 36.0 Å². The van der Waals surface area contributed by atoms with Gasteiger partial charge in [0.25, 0.3) is 0 Å². The van der Waals surface area contributed by atoms with Crippen LogP contribution in [0.5, 0.6) is 0 Å². The largest absolute Gasteiger partial charge is 0.442 e. The summed E-state index contributed by atoms with van der Waals surface area (Å²) in [7, 11) is 2.03. The molecular formula is C29H45N3O7. The number of likely N-dealkylation sites (N-methyl/N-ethyl adjacent to an activating group) is 1. The van der Waals surface area contributed by atoms with E-state index in [1.54, 1.807) is 17.9 Å². The standard InChI is InChI=1S/C29H45N3O7/c1-21(6-9-24-16-29(20-37-29)19-28(3,4)39-24)7-11-26-35-17-23(18-36-26)30-25(33)10-8-22(2)38-27(34)32-14-12-31(5)13-15-32/h6-10,22-24,26H,11-20H2,1-5H3,(H,30,33)/b9-6+,10-8-,21-7+/t22-,23-,24+,26+,29+/m0/s1. The van der Waals surface area contributed by atoms with Gasteiger partial charge >= 0.3 is 6.09 Å². The number of epoxide rings is 1. The molecule has 0 bridgehead atoms. The van der Waals surface area contributed by atoms with Crippen molar-refractivity contribution in [2.75, 3.05) is 53.0 Å². The third-order valence-corrected chi connectivity index (χ3v) is 7.43. The number of hydrogen-bond donors (Lipinski definition) is 1. The van der Waals surface area contributed by atoms with Gasteiger partial charge in [0.15, 0.2) is 6.29 Å². The molecule has 4 rings (SSSR count). The fourth-order valence-electron chi connectivity index (χ4n) is 5.24. The first kappa shape index (κ1) is 29.7. The Kier molecular flexibility index (Phi) is 9.87. The van der Waals surface area contributed by atoms with E-state index in [0.29, 0.717) is 32.7 Å². The van der Waals surface area contributed by atoms with Crippen LogP contribution in [-0.4, -0.2) is 111 Å². The van der Waals surface area contributed by atoms with Gasteiger partial charge in [-0.25, -0.2) is 4.79 Å². The van der Waals surface area contributed by atoms with E-state index in [9.17, 15) is 9.59 Å². The Bertz CT molecular complexity index is 937. The summed E-state index contributed by atoms with van der Waals surface area (Å²) < 4.78 is 29.0. The maximum absolute atomic E-state index is 12.3. The van der Waals surface area contributed by atoms with Crippen LogP contribution in [0.4, 0.5) is 4.79 Å². The summed E-state index contributed by atoms with van der Waals surface area (Å²) in [5.41, 5.74) is 0.945. The monoisotopic (exact) mass is 547 g/mol. The Hall–Kier alpha value is -2.24. The summed E-state index contributed by atoms with van der Waals surface area (Å²) in [6.07, 6.45) is 10.6. The molecule has 10 heteroatoms. The smallest absolute Gasteiger partial charge is 0.410 e. The number of hydrogen-bond acceptors (Lipinski definition) is 8. The molecule has 2 amide bonds. The number of nitrogens with zero attached hydrogens (tertiary/aromatic N) is 2. The summed E-state index contributed by atoms with van der Waals surface area (Å²) >= 11 is 0. The Balaban J connectivity index is 1.11. The molecule has 39 heavy (non-hydrogen) atoms. The molecule has 4 fully saturated rings. The highest BCUT2D eigenvalue weighted by atomic mass is 16.7. The molecule has 3 atom stereocenters. The van der Waals surface area contributed by atoms with Crippen molar-refractivity contribution in [1.29, 1.82) is 0 Å². The summed E-state index contributed by atoms with van der Waals surface area (Å²) in [5, 5.41) is 2.87. The quantitative estimate of drug-likeness (QED) is 0.281. The highest BCUT2D eigenvalue weighted by Gasteiger charge is 2.53. The number of ether oxygens (including phenoxy) is 5. The molecule has 0 radical (unpaired) electrons. The molecule has 0 saturated carbocycles. The van der Waals surface area contributed by atoms with Crippen molar-refractivity contribution in [2.24, 2.45) is 0 Å². The van der Waals surface area contributed by atoms with E-state index in [4.69, 9.17) is 23.7 Å². The van der Waals surface area contributed by atoms with E-state index >= 15 is 0 Å². The van der Waals surface area contributed by atoms with Gasteiger partial charge < -0.3 is 38.8 Å². The van der Waals surface area contributed by atoms with Crippen molar-refractivity contribution >= 4 is 12.0 Å². The van der Waals surface area contributed by atoms with Gasteiger partial charge in [0.05, 0.1) is 43.2 Å². The molecule has 4 heterocycles. The van der Waals surface area contributed by atoms with Gasteiger partial charge in [-0.2, -0.15) is 0 Å². The van der Waals surface area contributed by atoms with Crippen LogP contribution in [0.2, 0.25) is 0 Å². The van der Waals surface area contributed by atoms with Gasteiger partial charge in [-0.05, 0) is 40.8 Å². The molecule has 1 spiro atoms. The van der Waals surface area contributed by atoms with Crippen molar-refractivity contribution in [1.82, 2.24) is 15.1 Å². The van der Waals surface area contributed by atoms with Crippen LogP contribution in [0.25, 0.3) is 0 Å². The van der Waals surface area contributed by atoms with Crippen molar-refractivity contribution in [3.63, 3.8) is 0 Å². The minimum atomic E-state index is -0.505. The van der Waals surface area contributed by atoms with Crippen LogP contribution < -0.4 is 5.32 Å². The molecule has 0 aromatic rings. The number of nitrogens with one attached hydrogen (secondary N) is 1. The minimum absolute atomic E-state index is 0.00948. The fraction of sp³-hybridized carbons (Fsp3) is 0.724. The van der Waals surface area contributed by atoms with E-state index < -0.39 is 6.10 Å². The van der Waals surface area contributed by atoms with Gasteiger partial charge in [-0.3, -0.25) is 4.79 Å². The second-order valence-corrected chi connectivity index (χ2v) is 11.9. The van der Waals surface area contributed by atoms with Crippen LogP contribution >= 0.6 is 0 Å². The Morgan fingerprint density at radius 1 is 1.13 bits per heavy atom. The Morgan fingerprint density at radius 2 is 1.82 bits per heavy atom. The number of amides is 2. The Morgan fingerprint density at radius 3 is 2.49 bits per heavy atom. The summed E-state index contributed by atoms with van der Waals surface area (Å²) in [4.78, 5) is 28.4. The second kappa shape index (κ2) is 13.0. The summed E-state index contributed by atoms with van der Waals surface area (Å²) in [6, 6.07) is -0.240. The molecule has 0 aliphatic carbocycles. The molecule has 0 unspecified atom stereocenters. The number of rotatable bonds is 8. The lowest BCUT2D eigenvalue weighted by molar-refractivity contribution is -0.187. The first-order valence-electron chi connectivity index (χ1n) is 14.0. The Labute approximate surface area is 232 Å². The maximum Gasteiger partial charge on any atom is 0.410 e. The van der Waals surface area contributed by atoms with Gasteiger partial charge in [0, 0.05) is 51.5 Å². The second-order valence-electron chi connectivity index (χ2n) is 11.9. The molecule has 1 N–H and O–H groups in total. The lowest BCUT2D eigenvalue weighted by Crippen LogP contribution is -2.47.